The first-order valence-corrected chi connectivity index (χ1v) is 6.65. The van der Waals surface area contributed by atoms with Crippen molar-refractivity contribution in [1.29, 1.82) is 0 Å². The first-order valence-electron chi connectivity index (χ1n) is 5.67. The number of nitrogens with zero attached hydrogens (tertiary/aromatic N) is 4. The number of oxime groups is 1. The molecule has 1 aliphatic rings. The van der Waals surface area contributed by atoms with Gasteiger partial charge in [0.25, 0.3) is 0 Å². The minimum absolute atomic E-state index is 0.160. The molecule has 2 N–H and O–H groups in total. The molecule has 6 nitrogen and oxygen atoms in total. The van der Waals surface area contributed by atoms with E-state index in [-0.39, 0.29) is 6.10 Å². The van der Waals surface area contributed by atoms with Crippen LogP contribution >= 0.6 is 11.8 Å². The summed E-state index contributed by atoms with van der Waals surface area (Å²) in [6, 6.07) is 0. The number of hydrogen-bond acceptors (Lipinski definition) is 6. The normalized spacial score (nSPS) is 19.2. The zero-order valence-corrected chi connectivity index (χ0v) is 10.9. The Morgan fingerprint density at radius 1 is 1.53 bits per heavy atom. The molecule has 0 saturated heterocycles. The molecule has 0 saturated carbocycles. The van der Waals surface area contributed by atoms with Crippen molar-refractivity contribution in [3.8, 4) is 0 Å². The Bertz CT molecular complexity index is 417. The third kappa shape index (κ3) is 2.78. The van der Waals surface area contributed by atoms with Gasteiger partial charge >= 0.3 is 0 Å². The van der Waals surface area contributed by atoms with Crippen LogP contribution < -0.4 is 5.73 Å². The molecule has 0 aromatic carbocycles. The van der Waals surface area contributed by atoms with Crippen LogP contribution in [0.5, 0.6) is 0 Å². The largest absolute Gasteiger partial charge is 0.391 e. The van der Waals surface area contributed by atoms with Crippen molar-refractivity contribution < 1.29 is 4.84 Å². The van der Waals surface area contributed by atoms with Crippen LogP contribution in [0.15, 0.2) is 10.3 Å². The molecule has 0 spiro atoms. The van der Waals surface area contributed by atoms with E-state index in [4.69, 9.17) is 10.6 Å². The molecule has 2 rings (SSSR count). The van der Waals surface area contributed by atoms with Crippen LogP contribution in [0.3, 0.4) is 0 Å². The van der Waals surface area contributed by atoms with E-state index in [2.05, 4.69) is 22.3 Å². The van der Waals surface area contributed by atoms with Gasteiger partial charge in [-0.1, -0.05) is 23.8 Å². The number of nitrogens with two attached hydrogens (primary N) is 1. The Labute approximate surface area is 105 Å². The van der Waals surface area contributed by atoms with Gasteiger partial charge in [-0.25, -0.2) is 0 Å². The van der Waals surface area contributed by atoms with Crippen molar-refractivity contribution in [3.63, 3.8) is 0 Å². The maximum atomic E-state index is 5.54. The fourth-order valence-corrected chi connectivity index (χ4v) is 2.51. The Morgan fingerprint density at radius 3 is 2.94 bits per heavy atom. The highest BCUT2D eigenvalue weighted by molar-refractivity contribution is 7.99. The summed E-state index contributed by atoms with van der Waals surface area (Å²) in [6.07, 6.45) is 2.04. The lowest BCUT2D eigenvalue weighted by atomic mass is 10.2. The molecule has 0 fully saturated rings. The van der Waals surface area contributed by atoms with Gasteiger partial charge in [-0.2, -0.15) is 0 Å². The van der Waals surface area contributed by atoms with Crippen LogP contribution in [-0.2, 0) is 18.4 Å². The second kappa shape index (κ2) is 5.50. The van der Waals surface area contributed by atoms with E-state index in [0.717, 1.165) is 35.3 Å². The second-order valence-electron chi connectivity index (χ2n) is 3.92. The monoisotopic (exact) mass is 255 g/mol. The zero-order valence-electron chi connectivity index (χ0n) is 10.1. The maximum absolute atomic E-state index is 5.54. The highest BCUT2D eigenvalue weighted by Crippen LogP contribution is 2.22. The van der Waals surface area contributed by atoms with Crippen LogP contribution in [0.25, 0.3) is 0 Å². The number of hydrogen-bond donors (Lipinski definition) is 1. The zero-order chi connectivity index (χ0) is 12.3. The number of thioether (sulfide) groups is 1. The Hall–Kier alpha value is -1.08. The van der Waals surface area contributed by atoms with Crippen molar-refractivity contribution in [2.45, 2.75) is 37.6 Å². The Morgan fingerprint density at radius 2 is 2.35 bits per heavy atom. The van der Waals surface area contributed by atoms with Crippen molar-refractivity contribution in [2.75, 3.05) is 5.75 Å². The highest BCUT2D eigenvalue weighted by atomic mass is 32.2. The minimum Gasteiger partial charge on any atom is -0.391 e. The summed E-state index contributed by atoms with van der Waals surface area (Å²) in [4.78, 5) is 5.34. The van der Waals surface area contributed by atoms with Gasteiger partial charge in [0.05, 0.1) is 12.3 Å². The SMILES string of the molecule is CCC1=NO[C@@H](CSc2nnc(CN)n2C)C1. The lowest BCUT2D eigenvalue weighted by Gasteiger charge is -2.07. The molecule has 94 valence electrons. The fourth-order valence-electron chi connectivity index (χ4n) is 1.60. The van der Waals surface area contributed by atoms with Gasteiger partial charge in [-0.3, -0.25) is 0 Å². The molecule has 0 unspecified atom stereocenters. The standard InChI is InChI=1S/C10H17N5OS/c1-3-7-4-8(16-14-7)6-17-10-13-12-9(5-11)15(10)2/h8H,3-6,11H2,1-2H3/t8-/m1/s1. The van der Waals surface area contributed by atoms with Gasteiger partial charge in [-0.05, 0) is 6.42 Å². The molecule has 0 bridgehead atoms. The molecule has 1 aliphatic heterocycles. The topological polar surface area (TPSA) is 78.3 Å². The van der Waals surface area contributed by atoms with Crippen molar-refractivity contribution in [3.05, 3.63) is 5.82 Å². The van der Waals surface area contributed by atoms with E-state index in [1.54, 1.807) is 11.8 Å². The van der Waals surface area contributed by atoms with E-state index < -0.39 is 0 Å². The molecule has 0 aliphatic carbocycles. The average molecular weight is 255 g/mol. The van der Waals surface area contributed by atoms with E-state index >= 15 is 0 Å². The fraction of sp³-hybridized carbons (Fsp3) is 0.700. The Balaban J connectivity index is 1.85. The molecule has 2 heterocycles. The molecular formula is C10H17N5OS. The summed E-state index contributed by atoms with van der Waals surface area (Å²) in [5.74, 6) is 1.63. The first kappa shape index (κ1) is 12.4. The van der Waals surface area contributed by atoms with Gasteiger partial charge < -0.3 is 15.1 Å². The van der Waals surface area contributed by atoms with Gasteiger partial charge in [0.15, 0.2) is 5.16 Å². The molecular weight excluding hydrogens is 238 g/mol. The third-order valence-electron chi connectivity index (χ3n) is 2.71. The first-order chi connectivity index (χ1) is 8.24. The summed E-state index contributed by atoms with van der Waals surface area (Å²) in [5, 5.41) is 13.0. The molecule has 17 heavy (non-hydrogen) atoms. The summed E-state index contributed by atoms with van der Waals surface area (Å²) >= 11 is 1.63. The van der Waals surface area contributed by atoms with Crippen LogP contribution in [-0.4, -0.2) is 32.3 Å². The quantitative estimate of drug-likeness (QED) is 0.792. The highest BCUT2D eigenvalue weighted by Gasteiger charge is 2.21. The minimum atomic E-state index is 0.160. The van der Waals surface area contributed by atoms with E-state index in [1.807, 2.05) is 11.6 Å². The summed E-state index contributed by atoms with van der Waals surface area (Å²) in [5.41, 5.74) is 6.68. The molecule has 1 aromatic rings. The van der Waals surface area contributed by atoms with Crippen LogP contribution in [0.4, 0.5) is 0 Å². The van der Waals surface area contributed by atoms with Crippen LogP contribution in [0.2, 0.25) is 0 Å². The van der Waals surface area contributed by atoms with E-state index in [1.165, 1.54) is 0 Å². The smallest absolute Gasteiger partial charge is 0.191 e. The molecule has 0 amide bonds. The van der Waals surface area contributed by atoms with Crippen LogP contribution in [0.1, 0.15) is 25.6 Å². The summed E-state index contributed by atoms with van der Waals surface area (Å²) < 4.78 is 1.92. The van der Waals surface area contributed by atoms with Gasteiger partial charge in [-0.15, -0.1) is 10.2 Å². The lowest BCUT2D eigenvalue weighted by Crippen LogP contribution is -2.11. The molecule has 0 radical (unpaired) electrons. The Kier molecular flexibility index (Phi) is 4.01. The van der Waals surface area contributed by atoms with Crippen molar-refractivity contribution in [1.82, 2.24) is 14.8 Å². The van der Waals surface area contributed by atoms with Gasteiger partial charge in [0, 0.05) is 19.2 Å². The second-order valence-corrected chi connectivity index (χ2v) is 4.90. The van der Waals surface area contributed by atoms with Crippen molar-refractivity contribution >= 4 is 17.5 Å². The molecule has 1 aromatic heterocycles. The maximum Gasteiger partial charge on any atom is 0.191 e. The van der Waals surface area contributed by atoms with Gasteiger partial charge in [0.2, 0.25) is 0 Å². The van der Waals surface area contributed by atoms with E-state index in [9.17, 15) is 0 Å². The lowest BCUT2D eigenvalue weighted by molar-refractivity contribution is 0.103. The van der Waals surface area contributed by atoms with Crippen molar-refractivity contribution in [2.24, 2.45) is 17.9 Å². The van der Waals surface area contributed by atoms with E-state index in [0.29, 0.717) is 6.54 Å². The number of aromatic nitrogens is 3. The number of rotatable bonds is 5. The molecule has 7 heteroatoms. The summed E-state index contributed by atoms with van der Waals surface area (Å²) in [6.45, 7) is 2.50. The average Bonchev–Trinajstić information content (AvgIpc) is 2.93. The van der Waals surface area contributed by atoms with Crippen LogP contribution in [0, 0.1) is 0 Å². The predicted molar refractivity (Wildman–Crippen MR) is 66.8 cm³/mol. The third-order valence-corrected chi connectivity index (χ3v) is 3.86. The van der Waals surface area contributed by atoms with Gasteiger partial charge in [0.1, 0.15) is 11.9 Å². The summed E-state index contributed by atoms with van der Waals surface area (Å²) in [7, 11) is 1.92. The predicted octanol–water partition coefficient (Wildman–Crippen LogP) is 0.921. The molecule has 1 atom stereocenters.